The Morgan fingerprint density at radius 2 is 2.36 bits per heavy atom. The van der Waals surface area contributed by atoms with Gasteiger partial charge >= 0.3 is 0 Å². The number of nitrogens with two attached hydrogens (primary N) is 1. The minimum atomic E-state index is 0.0918. The number of thiophene rings is 1. The zero-order valence-corrected chi connectivity index (χ0v) is 7.71. The fourth-order valence-electron chi connectivity index (χ4n) is 1.11. The molecule has 1 aromatic rings. The van der Waals surface area contributed by atoms with Crippen molar-refractivity contribution in [1.82, 2.24) is 0 Å². The van der Waals surface area contributed by atoms with Crippen LogP contribution in [0.4, 0.5) is 0 Å². The molecule has 1 aliphatic rings. The van der Waals surface area contributed by atoms with Gasteiger partial charge in [-0.1, -0.05) is 11.6 Å². The molecule has 0 radical (unpaired) electrons. The topological polar surface area (TPSA) is 26.0 Å². The average molecular weight is 188 g/mol. The van der Waals surface area contributed by atoms with Gasteiger partial charge < -0.3 is 5.73 Å². The highest BCUT2D eigenvalue weighted by Crippen LogP contribution is 2.38. The second-order valence-corrected chi connectivity index (χ2v) is 4.64. The third-order valence-electron chi connectivity index (χ3n) is 2.10. The van der Waals surface area contributed by atoms with E-state index in [1.165, 1.54) is 4.88 Å². The summed E-state index contributed by atoms with van der Waals surface area (Å²) in [5.74, 6) is 0. The summed E-state index contributed by atoms with van der Waals surface area (Å²) in [5, 5.41) is 2.90. The summed E-state index contributed by atoms with van der Waals surface area (Å²) in [6.07, 6.45) is 3.27. The molecule has 11 heavy (non-hydrogen) atoms. The highest BCUT2D eigenvalue weighted by Gasteiger charge is 2.38. The van der Waals surface area contributed by atoms with Gasteiger partial charge in [0.05, 0.1) is 5.02 Å². The molecule has 1 aliphatic carbocycles. The average Bonchev–Trinajstić information content (AvgIpc) is 2.54. The second kappa shape index (κ2) is 2.47. The molecular weight excluding hydrogens is 178 g/mol. The van der Waals surface area contributed by atoms with Crippen molar-refractivity contribution in [1.29, 1.82) is 0 Å². The molecule has 0 spiro atoms. The lowest BCUT2D eigenvalue weighted by atomic mass is 10.2. The van der Waals surface area contributed by atoms with Crippen LogP contribution in [0.1, 0.15) is 17.7 Å². The Morgan fingerprint density at radius 1 is 1.64 bits per heavy atom. The van der Waals surface area contributed by atoms with Gasteiger partial charge in [0, 0.05) is 16.8 Å². The van der Waals surface area contributed by atoms with Crippen molar-refractivity contribution in [3.63, 3.8) is 0 Å². The minimum Gasteiger partial charge on any atom is -0.325 e. The highest BCUT2D eigenvalue weighted by molar-refractivity contribution is 7.10. The minimum absolute atomic E-state index is 0.0918. The molecule has 0 aliphatic heterocycles. The molecule has 0 aromatic carbocycles. The summed E-state index contributed by atoms with van der Waals surface area (Å²) in [5.41, 5.74) is 6.05. The van der Waals surface area contributed by atoms with Crippen molar-refractivity contribution in [2.24, 2.45) is 5.73 Å². The van der Waals surface area contributed by atoms with Crippen molar-refractivity contribution < 1.29 is 0 Å². The van der Waals surface area contributed by atoms with Crippen LogP contribution >= 0.6 is 22.9 Å². The standard InChI is InChI=1S/C8H10ClNS/c9-6-1-4-11-7(6)5-8(10)2-3-8/h1,4H,2-3,5,10H2. The molecular formula is C8H10ClNS. The first-order valence-corrected chi connectivity index (χ1v) is 4.96. The first-order valence-electron chi connectivity index (χ1n) is 3.70. The van der Waals surface area contributed by atoms with Crippen molar-refractivity contribution >= 4 is 22.9 Å². The summed E-state index contributed by atoms with van der Waals surface area (Å²) >= 11 is 7.63. The highest BCUT2D eigenvalue weighted by atomic mass is 35.5. The van der Waals surface area contributed by atoms with Gasteiger partial charge in [-0.2, -0.15) is 0 Å². The van der Waals surface area contributed by atoms with E-state index in [0.29, 0.717) is 0 Å². The predicted molar refractivity (Wildman–Crippen MR) is 49.2 cm³/mol. The Labute approximate surface area is 75.2 Å². The van der Waals surface area contributed by atoms with Gasteiger partial charge in [-0.25, -0.2) is 0 Å². The molecule has 3 heteroatoms. The summed E-state index contributed by atoms with van der Waals surface area (Å²) in [7, 11) is 0. The van der Waals surface area contributed by atoms with Crippen molar-refractivity contribution in [2.75, 3.05) is 0 Å². The van der Waals surface area contributed by atoms with E-state index >= 15 is 0 Å². The molecule has 1 aromatic heterocycles. The van der Waals surface area contributed by atoms with Crippen LogP contribution in [0, 0.1) is 0 Å². The smallest absolute Gasteiger partial charge is 0.0545 e. The summed E-state index contributed by atoms with van der Waals surface area (Å²) in [6.45, 7) is 0. The Morgan fingerprint density at radius 3 is 2.82 bits per heavy atom. The van der Waals surface area contributed by atoms with Crippen LogP contribution in [0.3, 0.4) is 0 Å². The van der Waals surface area contributed by atoms with Gasteiger partial charge in [0.2, 0.25) is 0 Å². The van der Waals surface area contributed by atoms with Crippen LogP contribution in [0.2, 0.25) is 5.02 Å². The first kappa shape index (κ1) is 7.59. The van der Waals surface area contributed by atoms with Crippen LogP contribution in [0.15, 0.2) is 11.4 Å². The molecule has 0 unspecified atom stereocenters. The fourth-order valence-corrected chi connectivity index (χ4v) is 2.37. The second-order valence-electron chi connectivity index (χ2n) is 3.23. The van der Waals surface area contributed by atoms with Gasteiger partial charge in [-0.3, -0.25) is 0 Å². The lowest BCUT2D eigenvalue weighted by molar-refractivity contribution is 0.679. The largest absolute Gasteiger partial charge is 0.325 e. The van der Waals surface area contributed by atoms with E-state index in [-0.39, 0.29) is 5.54 Å². The maximum absolute atomic E-state index is 5.95. The Kier molecular flexibility index (Phi) is 1.71. The molecule has 0 atom stereocenters. The summed E-state index contributed by atoms with van der Waals surface area (Å²) in [4.78, 5) is 1.24. The zero-order chi connectivity index (χ0) is 7.90. The van der Waals surface area contributed by atoms with Crippen molar-refractivity contribution in [3.05, 3.63) is 21.3 Å². The van der Waals surface area contributed by atoms with E-state index in [1.54, 1.807) is 11.3 Å². The molecule has 1 saturated carbocycles. The van der Waals surface area contributed by atoms with Crippen LogP contribution < -0.4 is 5.73 Å². The molecule has 1 nitrogen and oxygen atoms in total. The summed E-state index contributed by atoms with van der Waals surface area (Å²) < 4.78 is 0. The van der Waals surface area contributed by atoms with E-state index in [9.17, 15) is 0 Å². The Hall–Kier alpha value is -0.0500. The quantitative estimate of drug-likeness (QED) is 0.757. The predicted octanol–water partition coefficient (Wildman–Crippen LogP) is 2.44. The van der Waals surface area contributed by atoms with Crippen molar-refractivity contribution in [2.45, 2.75) is 24.8 Å². The molecule has 1 fully saturated rings. The molecule has 0 amide bonds. The monoisotopic (exact) mass is 187 g/mol. The van der Waals surface area contributed by atoms with Crippen LogP contribution in [-0.4, -0.2) is 5.54 Å². The zero-order valence-electron chi connectivity index (χ0n) is 6.14. The first-order chi connectivity index (χ1) is 5.20. The van der Waals surface area contributed by atoms with E-state index in [4.69, 9.17) is 17.3 Å². The van der Waals surface area contributed by atoms with E-state index in [0.717, 1.165) is 24.3 Å². The maximum atomic E-state index is 5.95. The van der Waals surface area contributed by atoms with E-state index in [1.807, 2.05) is 11.4 Å². The van der Waals surface area contributed by atoms with Gasteiger partial charge in [0.25, 0.3) is 0 Å². The van der Waals surface area contributed by atoms with Crippen LogP contribution in [0.25, 0.3) is 0 Å². The molecule has 0 saturated heterocycles. The third-order valence-corrected chi connectivity index (χ3v) is 3.48. The lowest BCUT2D eigenvalue weighted by Gasteiger charge is -2.05. The SMILES string of the molecule is NC1(Cc2sccc2Cl)CC1. The maximum Gasteiger partial charge on any atom is 0.0545 e. The Balaban J connectivity index is 2.12. The van der Waals surface area contributed by atoms with Gasteiger partial charge in [-0.15, -0.1) is 11.3 Å². The van der Waals surface area contributed by atoms with E-state index < -0.39 is 0 Å². The van der Waals surface area contributed by atoms with Crippen molar-refractivity contribution in [3.8, 4) is 0 Å². The van der Waals surface area contributed by atoms with Gasteiger partial charge in [-0.05, 0) is 24.3 Å². The summed E-state index contributed by atoms with van der Waals surface area (Å²) in [6, 6.07) is 1.94. The lowest BCUT2D eigenvalue weighted by Crippen LogP contribution is -2.23. The number of hydrogen-bond acceptors (Lipinski definition) is 2. The number of halogens is 1. The third kappa shape index (κ3) is 1.58. The fraction of sp³-hybridized carbons (Fsp3) is 0.500. The molecule has 2 N–H and O–H groups in total. The number of rotatable bonds is 2. The molecule has 1 heterocycles. The van der Waals surface area contributed by atoms with E-state index in [2.05, 4.69) is 0 Å². The van der Waals surface area contributed by atoms with Crippen LogP contribution in [-0.2, 0) is 6.42 Å². The normalized spacial score (nSPS) is 20.2. The molecule has 0 bridgehead atoms. The van der Waals surface area contributed by atoms with Gasteiger partial charge in [0.1, 0.15) is 0 Å². The van der Waals surface area contributed by atoms with Crippen LogP contribution in [0.5, 0.6) is 0 Å². The molecule has 60 valence electrons. The Bertz CT molecular complexity index is 265. The number of hydrogen-bond donors (Lipinski definition) is 1. The van der Waals surface area contributed by atoms with Gasteiger partial charge in [0.15, 0.2) is 0 Å². The molecule has 2 rings (SSSR count).